The Balaban J connectivity index is 1.42. The average molecular weight is 299 g/mol. The number of hydrogen-bond acceptors (Lipinski definition) is 5. The van der Waals surface area contributed by atoms with Gasteiger partial charge in [-0.05, 0) is 43.3 Å². The highest BCUT2D eigenvalue weighted by molar-refractivity contribution is 7.22. The number of nitrogens with one attached hydrogen (secondary N) is 1. The van der Waals surface area contributed by atoms with Crippen molar-refractivity contribution in [2.75, 3.05) is 6.54 Å². The maximum absolute atomic E-state index is 5.78. The zero-order valence-electron chi connectivity index (χ0n) is 11.7. The number of thiophene rings is 1. The number of fused-ring (bicyclic) bond motifs is 1. The molecule has 0 radical (unpaired) electrons. The van der Waals surface area contributed by atoms with Crippen LogP contribution >= 0.6 is 11.3 Å². The van der Waals surface area contributed by atoms with Crippen LogP contribution < -0.4 is 5.32 Å². The van der Waals surface area contributed by atoms with Crippen molar-refractivity contribution < 1.29 is 4.42 Å². The summed E-state index contributed by atoms with van der Waals surface area (Å²) in [4.78, 5) is 1.05. The van der Waals surface area contributed by atoms with Crippen molar-refractivity contribution in [3.63, 3.8) is 0 Å². The Morgan fingerprint density at radius 2 is 2.14 bits per heavy atom. The number of aryl methyl sites for hydroxylation is 1. The molecule has 1 aliphatic rings. The third-order valence-electron chi connectivity index (χ3n) is 3.68. The molecule has 0 bridgehead atoms. The monoisotopic (exact) mass is 299 g/mol. The lowest BCUT2D eigenvalue weighted by Gasteiger charge is -1.99. The molecule has 0 aliphatic heterocycles. The minimum Gasteiger partial charge on any atom is -0.420 e. The van der Waals surface area contributed by atoms with Crippen LogP contribution in [0, 0.1) is 0 Å². The highest BCUT2D eigenvalue weighted by atomic mass is 32.1. The Morgan fingerprint density at radius 3 is 3.00 bits per heavy atom. The summed E-state index contributed by atoms with van der Waals surface area (Å²) in [5, 5.41) is 13.1. The third kappa shape index (κ3) is 2.99. The van der Waals surface area contributed by atoms with Crippen molar-refractivity contribution in [1.29, 1.82) is 0 Å². The Hall–Kier alpha value is -1.72. The fraction of sp³-hybridized carbons (Fsp3) is 0.375. The topological polar surface area (TPSA) is 51.0 Å². The fourth-order valence-electron chi connectivity index (χ4n) is 2.37. The maximum atomic E-state index is 5.78. The second-order valence-electron chi connectivity index (χ2n) is 5.48. The van der Waals surface area contributed by atoms with E-state index in [1.54, 1.807) is 11.3 Å². The van der Waals surface area contributed by atoms with Crippen LogP contribution in [0.25, 0.3) is 20.9 Å². The first-order valence-electron chi connectivity index (χ1n) is 7.43. The molecular formula is C16H17N3OS. The molecule has 5 heteroatoms. The highest BCUT2D eigenvalue weighted by Crippen LogP contribution is 2.32. The lowest BCUT2D eigenvalue weighted by Crippen LogP contribution is -2.17. The minimum absolute atomic E-state index is 0.640. The van der Waals surface area contributed by atoms with Crippen LogP contribution in [-0.4, -0.2) is 22.8 Å². The molecule has 1 aromatic carbocycles. The van der Waals surface area contributed by atoms with Crippen LogP contribution in [0.3, 0.4) is 0 Å². The summed E-state index contributed by atoms with van der Waals surface area (Å²) in [6.07, 6.45) is 4.55. The maximum Gasteiger partial charge on any atom is 0.257 e. The number of hydrogen-bond donors (Lipinski definition) is 1. The van der Waals surface area contributed by atoms with Gasteiger partial charge in [0.1, 0.15) is 0 Å². The summed E-state index contributed by atoms with van der Waals surface area (Å²) in [6.45, 7) is 1.03. The summed E-state index contributed by atoms with van der Waals surface area (Å²) in [5.41, 5.74) is 0. The van der Waals surface area contributed by atoms with Gasteiger partial charge >= 0.3 is 0 Å². The summed E-state index contributed by atoms with van der Waals surface area (Å²) in [6, 6.07) is 11.2. The number of rotatable bonds is 6. The van der Waals surface area contributed by atoms with Gasteiger partial charge in [0, 0.05) is 17.2 Å². The average Bonchev–Trinajstić information content (AvgIpc) is 3.04. The van der Waals surface area contributed by atoms with Gasteiger partial charge < -0.3 is 9.73 Å². The van der Waals surface area contributed by atoms with E-state index in [4.69, 9.17) is 4.42 Å². The van der Waals surface area contributed by atoms with Crippen molar-refractivity contribution in [2.45, 2.75) is 31.7 Å². The van der Waals surface area contributed by atoms with Crippen molar-refractivity contribution in [1.82, 2.24) is 15.5 Å². The third-order valence-corrected chi connectivity index (χ3v) is 4.79. The normalized spacial score (nSPS) is 14.9. The van der Waals surface area contributed by atoms with Crippen molar-refractivity contribution in [3.05, 3.63) is 36.2 Å². The molecule has 0 unspecified atom stereocenters. The largest absolute Gasteiger partial charge is 0.420 e. The number of aromatic nitrogens is 2. The van der Waals surface area contributed by atoms with Gasteiger partial charge in [0.2, 0.25) is 5.89 Å². The van der Waals surface area contributed by atoms with Crippen LogP contribution in [-0.2, 0) is 6.42 Å². The van der Waals surface area contributed by atoms with Gasteiger partial charge in [-0.1, -0.05) is 18.2 Å². The molecule has 0 atom stereocenters. The molecule has 4 nitrogen and oxygen atoms in total. The Morgan fingerprint density at radius 1 is 1.24 bits per heavy atom. The first-order valence-corrected chi connectivity index (χ1v) is 8.25. The van der Waals surface area contributed by atoms with E-state index in [9.17, 15) is 0 Å². The minimum atomic E-state index is 0.640. The van der Waals surface area contributed by atoms with Crippen molar-refractivity contribution in [2.24, 2.45) is 0 Å². The molecular weight excluding hydrogens is 282 g/mol. The quantitative estimate of drug-likeness (QED) is 0.706. The van der Waals surface area contributed by atoms with Gasteiger partial charge in [-0.3, -0.25) is 0 Å². The summed E-state index contributed by atoms with van der Waals surface area (Å²) >= 11 is 1.70. The van der Waals surface area contributed by atoms with Crippen LogP contribution in [0.15, 0.2) is 34.7 Å². The Labute approximate surface area is 127 Å². The number of benzene rings is 1. The van der Waals surface area contributed by atoms with Gasteiger partial charge in [0.15, 0.2) is 0 Å². The summed E-state index contributed by atoms with van der Waals surface area (Å²) < 4.78 is 7.03. The molecule has 0 saturated heterocycles. The van der Waals surface area contributed by atoms with E-state index in [-0.39, 0.29) is 0 Å². The van der Waals surface area contributed by atoms with Crippen molar-refractivity contribution in [3.8, 4) is 10.8 Å². The lowest BCUT2D eigenvalue weighted by molar-refractivity contribution is 0.491. The molecule has 1 aliphatic carbocycles. The zero-order chi connectivity index (χ0) is 14.1. The second-order valence-corrected chi connectivity index (χ2v) is 6.57. The van der Waals surface area contributed by atoms with E-state index >= 15 is 0 Å². The first kappa shape index (κ1) is 13.0. The van der Waals surface area contributed by atoms with E-state index in [0.29, 0.717) is 5.89 Å². The van der Waals surface area contributed by atoms with Crippen LogP contribution in [0.1, 0.15) is 25.2 Å². The molecule has 0 spiro atoms. The van der Waals surface area contributed by atoms with Gasteiger partial charge in [-0.25, -0.2) is 0 Å². The van der Waals surface area contributed by atoms with Gasteiger partial charge in [0.25, 0.3) is 5.89 Å². The van der Waals surface area contributed by atoms with Gasteiger partial charge in [0.05, 0.1) is 4.88 Å². The summed E-state index contributed by atoms with van der Waals surface area (Å²) in [5.74, 6) is 1.38. The van der Waals surface area contributed by atoms with Crippen LogP contribution in [0.4, 0.5) is 0 Å². The van der Waals surface area contributed by atoms with E-state index in [1.807, 2.05) is 6.07 Å². The smallest absolute Gasteiger partial charge is 0.257 e. The van der Waals surface area contributed by atoms with E-state index in [1.165, 1.54) is 22.9 Å². The predicted molar refractivity (Wildman–Crippen MR) is 84.5 cm³/mol. The molecule has 108 valence electrons. The van der Waals surface area contributed by atoms with E-state index in [0.717, 1.165) is 36.2 Å². The van der Waals surface area contributed by atoms with E-state index in [2.05, 4.69) is 39.8 Å². The van der Waals surface area contributed by atoms with Crippen molar-refractivity contribution >= 4 is 21.4 Å². The SMILES string of the molecule is c1ccc2sc(-c3nnc(CCCNC4CC4)o3)cc2c1. The molecule has 1 N–H and O–H groups in total. The molecule has 21 heavy (non-hydrogen) atoms. The summed E-state index contributed by atoms with van der Waals surface area (Å²) in [7, 11) is 0. The molecule has 3 aromatic rings. The van der Waals surface area contributed by atoms with Crippen LogP contribution in [0.5, 0.6) is 0 Å². The van der Waals surface area contributed by atoms with Crippen LogP contribution in [0.2, 0.25) is 0 Å². The highest BCUT2D eigenvalue weighted by Gasteiger charge is 2.19. The second kappa shape index (κ2) is 5.58. The molecule has 1 fully saturated rings. The number of nitrogens with zero attached hydrogens (tertiary/aromatic N) is 2. The predicted octanol–water partition coefficient (Wildman–Crippen LogP) is 3.64. The molecule has 2 aromatic heterocycles. The molecule has 2 heterocycles. The zero-order valence-corrected chi connectivity index (χ0v) is 12.5. The van der Waals surface area contributed by atoms with Gasteiger partial charge in [-0.15, -0.1) is 21.5 Å². The Kier molecular flexibility index (Phi) is 3.45. The van der Waals surface area contributed by atoms with Gasteiger partial charge in [-0.2, -0.15) is 0 Å². The standard InChI is InChI=1S/C16H17N3OS/c1-2-5-13-11(4-1)10-14(21-13)16-19-18-15(20-16)6-3-9-17-12-7-8-12/h1-2,4-5,10,12,17H,3,6-9H2. The molecule has 4 rings (SSSR count). The molecule has 0 amide bonds. The lowest BCUT2D eigenvalue weighted by atomic mass is 10.2. The molecule has 1 saturated carbocycles. The Bertz CT molecular complexity index is 712. The first-order chi connectivity index (χ1) is 10.4. The fourth-order valence-corrected chi connectivity index (χ4v) is 3.36. The van der Waals surface area contributed by atoms with E-state index < -0.39 is 0 Å².